The van der Waals surface area contributed by atoms with E-state index in [0.717, 1.165) is 51.3 Å². The fourth-order valence-corrected chi connectivity index (χ4v) is 3.63. The van der Waals surface area contributed by atoms with Crippen molar-refractivity contribution >= 4 is 23.0 Å². The maximum absolute atomic E-state index is 4.59. The molecule has 2 aromatic heterocycles. The zero-order valence-electron chi connectivity index (χ0n) is 19.0. The molecule has 3 aromatic carbocycles. The molecular formula is C28H24N6. The highest BCUT2D eigenvalue weighted by Crippen LogP contribution is 2.25. The number of benzene rings is 3. The minimum atomic E-state index is 0.719. The number of rotatable bonds is 6. The fourth-order valence-electron chi connectivity index (χ4n) is 3.63. The molecule has 5 aromatic rings. The Balaban J connectivity index is 1.30. The van der Waals surface area contributed by atoms with Crippen molar-refractivity contribution in [1.82, 2.24) is 19.9 Å². The van der Waals surface area contributed by atoms with Crippen LogP contribution >= 0.6 is 0 Å². The summed E-state index contributed by atoms with van der Waals surface area (Å²) >= 11 is 0. The molecule has 2 N–H and O–H groups in total. The van der Waals surface area contributed by atoms with Crippen molar-refractivity contribution in [3.8, 4) is 22.5 Å². The van der Waals surface area contributed by atoms with Crippen LogP contribution in [0, 0.1) is 13.8 Å². The Morgan fingerprint density at radius 2 is 1.18 bits per heavy atom. The monoisotopic (exact) mass is 444 g/mol. The number of nitrogens with zero attached hydrogens (tertiary/aromatic N) is 4. The molecule has 0 radical (unpaired) electrons. The summed E-state index contributed by atoms with van der Waals surface area (Å²) in [6.07, 6.45) is 1.57. The van der Waals surface area contributed by atoms with Gasteiger partial charge in [-0.1, -0.05) is 60.2 Å². The highest BCUT2D eigenvalue weighted by atomic mass is 15.0. The smallest absolute Gasteiger partial charge is 0.134 e. The normalized spacial score (nSPS) is 10.6. The molecule has 34 heavy (non-hydrogen) atoms. The van der Waals surface area contributed by atoms with Crippen molar-refractivity contribution in [3.05, 3.63) is 109 Å². The molecule has 166 valence electrons. The molecule has 0 aliphatic rings. The van der Waals surface area contributed by atoms with Crippen molar-refractivity contribution in [2.75, 3.05) is 10.6 Å². The van der Waals surface area contributed by atoms with E-state index in [4.69, 9.17) is 0 Å². The number of anilines is 4. The van der Waals surface area contributed by atoms with E-state index in [2.05, 4.69) is 61.8 Å². The second-order valence-corrected chi connectivity index (χ2v) is 8.03. The van der Waals surface area contributed by atoms with E-state index in [0.29, 0.717) is 0 Å². The Hall–Kier alpha value is -4.58. The van der Waals surface area contributed by atoms with Crippen LogP contribution in [0.4, 0.5) is 23.0 Å². The summed E-state index contributed by atoms with van der Waals surface area (Å²) in [5, 5.41) is 6.73. The number of hydrogen-bond acceptors (Lipinski definition) is 6. The summed E-state index contributed by atoms with van der Waals surface area (Å²) in [6.45, 7) is 3.98. The van der Waals surface area contributed by atoms with Gasteiger partial charge in [0, 0.05) is 34.6 Å². The van der Waals surface area contributed by atoms with Gasteiger partial charge in [0.25, 0.3) is 0 Å². The van der Waals surface area contributed by atoms with Gasteiger partial charge in [-0.25, -0.2) is 19.9 Å². The molecule has 0 atom stereocenters. The van der Waals surface area contributed by atoms with Gasteiger partial charge in [0.2, 0.25) is 0 Å². The second kappa shape index (κ2) is 9.50. The van der Waals surface area contributed by atoms with Crippen LogP contribution in [0.25, 0.3) is 22.5 Å². The van der Waals surface area contributed by atoms with Gasteiger partial charge in [-0.3, -0.25) is 0 Å². The molecule has 0 unspecified atom stereocenters. The quantitative estimate of drug-likeness (QED) is 0.303. The molecule has 0 saturated heterocycles. The summed E-state index contributed by atoms with van der Waals surface area (Å²) in [5.74, 6) is 2.22. The molecule has 0 fully saturated rings. The summed E-state index contributed by atoms with van der Waals surface area (Å²) in [5.41, 5.74) is 6.98. The van der Waals surface area contributed by atoms with Gasteiger partial charge in [-0.2, -0.15) is 0 Å². The summed E-state index contributed by atoms with van der Waals surface area (Å²) < 4.78 is 0. The van der Waals surface area contributed by atoms with E-state index < -0.39 is 0 Å². The number of aromatic nitrogens is 4. The Labute approximate surface area is 198 Å². The van der Waals surface area contributed by atoms with Crippen LogP contribution in [-0.4, -0.2) is 19.9 Å². The lowest BCUT2D eigenvalue weighted by Gasteiger charge is -2.11. The minimum absolute atomic E-state index is 0.719. The molecule has 6 nitrogen and oxygen atoms in total. The average molecular weight is 445 g/mol. The summed E-state index contributed by atoms with van der Waals surface area (Å²) in [6, 6.07) is 30.3. The second-order valence-electron chi connectivity index (χ2n) is 8.03. The first-order valence-electron chi connectivity index (χ1n) is 11.1. The third-order valence-corrected chi connectivity index (χ3v) is 5.35. The largest absolute Gasteiger partial charge is 0.340 e. The predicted octanol–water partition coefficient (Wildman–Crippen LogP) is 6.70. The molecule has 0 aliphatic carbocycles. The van der Waals surface area contributed by atoms with E-state index in [1.165, 1.54) is 5.56 Å². The van der Waals surface area contributed by atoms with Crippen molar-refractivity contribution < 1.29 is 0 Å². The molecule has 0 spiro atoms. The minimum Gasteiger partial charge on any atom is -0.340 e. The molecular weight excluding hydrogens is 420 g/mol. The van der Waals surface area contributed by atoms with E-state index in [1.54, 1.807) is 6.33 Å². The Morgan fingerprint density at radius 3 is 1.88 bits per heavy atom. The molecule has 6 heteroatoms. The van der Waals surface area contributed by atoms with Crippen LogP contribution in [0.2, 0.25) is 0 Å². The highest BCUT2D eigenvalue weighted by Gasteiger charge is 2.06. The molecule has 5 rings (SSSR count). The maximum atomic E-state index is 4.59. The number of nitrogens with one attached hydrogen (secondary N) is 2. The van der Waals surface area contributed by atoms with Gasteiger partial charge < -0.3 is 10.6 Å². The Kier molecular flexibility index (Phi) is 5.95. The predicted molar refractivity (Wildman–Crippen MR) is 137 cm³/mol. The van der Waals surface area contributed by atoms with Crippen molar-refractivity contribution in [2.24, 2.45) is 0 Å². The summed E-state index contributed by atoms with van der Waals surface area (Å²) in [4.78, 5) is 17.9. The lowest BCUT2D eigenvalue weighted by atomic mass is 10.1. The van der Waals surface area contributed by atoms with E-state index in [9.17, 15) is 0 Å². The van der Waals surface area contributed by atoms with Crippen molar-refractivity contribution in [2.45, 2.75) is 13.8 Å². The SMILES string of the molecule is Cc1ccc(-c2cc(Nc3ccc(Nc4cc(-c5ccccc5)ncn4)cc3)nc(C)n2)cc1. The highest BCUT2D eigenvalue weighted by molar-refractivity contribution is 5.69. The average Bonchev–Trinajstić information content (AvgIpc) is 2.86. The molecule has 0 bridgehead atoms. The first-order valence-corrected chi connectivity index (χ1v) is 11.1. The standard InChI is InChI=1S/C28H24N6/c1-19-8-10-22(11-9-19)26-17-28(32-20(2)31-26)34-24-14-12-23(13-15-24)33-27-16-25(29-18-30-27)21-6-4-3-5-7-21/h3-18H,1-2H3,(H,29,30,33)(H,31,32,34). The van der Waals surface area contributed by atoms with E-state index >= 15 is 0 Å². The first kappa shape index (κ1) is 21.3. The van der Waals surface area contributed by atoms with Gasteiger partial charge >= 0.3 is 0 Å². The van der Waals surface area contributed by atoms with Crippen LogP contribution in [0.1, 0.15) is 11.4 Å². The molecule has 0 aliphatic heterocycles. The third-order valence-electron chi connectivity index (χ3n) is 5.35. The van der Waals surface area contributed by atoms with Crippen LogP contribution < -0.4 is 10.6 Å². The topological polar surface area (TPSA) is 75.6 Å². The molecule has 0 saturated carbocycles. The lowest BCUT2D eigenvalue weighted by molar-refractivity contribution is 1.06. The Bertz CT molecular complexity index is 1400. The summed E-state index contributed by atoms with van der Waals surface area (Å²) in [7, 11) is 0. The van der Waals surface area contributed by atoms with Crippen molar-refractivity contribution in [1.29, 1.82) is 0 Å². The Morgan fingerprint density at radius 1 is 0.559 bits per heavy atom. The fraction of sp³-hybridized carbons (Fsp3) is 0.0714. The van der Waals surface area contributed by atoms with E-state index in [1.807, 2.05) is 73.7 Å². The zero-order valence-corrected chi connectivity index (χ0v) is 19.0. The van der Waals surface area contributed by atoms with Gasteiger partial charge in [0.1, 0.15) is 23.8 Å². The number of aryl methyl sites for hydroxylation is 2. The van der Waals surface area contributed by atoms with E-state index in [-0.39, 0.29) is 0 Å². The van der Waals surface area contributed by atoms with Crippen LogP contribution in [0.5, 0.6) is 0 Å². The first-order chi connectivity index (χ1) is 16.6. The van der Waals surface area contributed by atoms with Crippen LogP contribution in [0.3, 0.4) is 0 Å². The maximum Gasteiger partial charge on any atom is 0.134 e. The van der Waals surface area contributed by atoms with Gasteiger partial charge in [0.15, 0.2) is 0 Å². The van der Waals surface area contributed by atoms with Crippen molar-refractivity contribution in [3.63, 3.8) is 0 Å². The third kappa shape index (κ3) is 5.07. The van der Waals surface area contributed by atoms with Gasteiger partial charge in [0.05, 0.1) is 11.4 Å². The lowest BCUT2D eigenvalue weighted by Crippen LogP contribution is -1.99. The number of hydrogen-bond donors (Lipinski definition) is 2. The van der Waals surface area contributed by atoms with Gasteiger partial charge in [-0.15, -0.1) is 0 Å². The molecule has 2 heterocycles. The van der Waals surface area contributed by atoms with Gasteiger partial charge in [-0.05, 0) is 38.1 Å². The molecule has 0 amide bonds. The van der Waals surface area contributed by atoms with Crippen LogP contribution in [0.15, 0.2) is 97.3 Å². The van der Waals surface area contributed by atoms with Crippen LogP contribution in [-0.2, 0) is 0 Å². The zero-order chi connectivity index (χ0) is 23.3.